The van der Waals surface area contributed by atoms with Crippen LogP contribution in [-0.2, 0) is 20.6 Å². The summed E-state index contributed by atoms with van der Waals surface area (Å²) in [6.07, 6.45) is -0.263. The van der Waals surface area contributed by atoms with E-state index in [1.54, 1.807) is 53.7 Å². The third-order valence-electron chi connectivity index (χ3n) is 3.83. The molecule has 8 heteroatoms. The van der Waals surface area contributed by atoms with Crippen molar-refractivity contribution >= 4 is 31.4 Å². The molecular formula is C20H30BN3O4. The van der Waals surface area contributed by atoms with Crippen LogP contribution in [0.1, 0.15) is 47.1 Å². The Balaban J connectivity index is 2.67. The van der Waals surface area contributed by atoms with Gasteiger partial charge >= 0.3 is 6.09 Å². The molecule has 1 rings (SSSR count). The highest BCUT2D eigenvalue weighted by Gasteiger charge is 2.28. The molecule has 0 saturated carbocycles. The Bertz CT molecular complexity index is 684. The highest BCUT2D eigenvalue weighted by molar-refractivity contribution is 6.08. The molecule has 3 N–H and O–H groups in total. The maximum Gasteiger partial charge on any atom is 0.408 e. The van der Waals surface area contributed by atoms with Gasteiger partial charge in [0.1, 0.15) is 17.7 Å². The Morgan fingerprint density at radius 2 is 1.57 bits per heavy atom. The van der Waals surface area contributed by atoms with Gasteiger partial charge in [0.05, 0.1) is 7.85 Å². The molecule has 0 spiro atoms. The van der Waals surface area contributed by atoms with Gasteiger partial charge in [-0.05, 0) is 45.7 Å². The van der Waals surface area contributed by atoms with Gasteiger partial charge in [-0.3, -0.25) is 9.59 Å². The van der Waals surface area contributed by atoms with Crippen molar-refractivity contribution in [1.82, 2.24) is 10.6 Å². The summed E-state index contributed by atoms with van der Waals surface area (Å²) in [5.74, 6) is -1.01. The van der Waals surface area contributed by atoms with Crippen LogP contribution in [0, 0.1) is 5.92 Å². The van der Waals surface area contributed by atoms with E-state index < -0.39 is 29.7 Å². The smallest absolute Gasteiger partial charge is 0.408 e. The third-order valence-corrected chi connectivity index (χ3v) is 3.83. The second-order valence-electron chi connectivity index (χ2n) is 7.99. The van der Waals surface area contributed by atoms with Crippen molar-refractivity contribution in [2.24, 2.45) is 5.92 Å². The molecular weight excluding hydrogens is 357 g/mol. The lowest BCUT2D eigenvalue weighted by Gasteiger charge is -2.26. The van der Waals surface area contributed by atoms with E-state index in [0.717, 1.165) is 5.56 Å². The Kier molecular flexibility index (Phi) is 8.53. The molecule has 0 aliphatic rings. The fraction of sp³-hybridized carbons (Fsp3) is 0.550. The zero-order valence-corrected chi connectivity index (χ0v) is 17.5. The standard InChI is InChI=1S/C20H30BN3O4/c1-12(2)16(24-19(27)28-20(4,5)6)18(26)22-13(3)17(25)23-15-9-7-14(11-21)8-10-15/h7-10,12-13,16H,11H2,1-6H3,(H,22,26)(H,23,25)(H,24,27)/t13-,16?/m0/s1. The molecule has 2 radical (unpaired) electrons. The van der Waals surface area contributed by atoms with Gasteiger partial charge in [-0.1, -0.05) is 37.9 Å². The monoisotopic (exact) mass is 387 g/mol. The molecule has 1 aromatic rings. The Morgan fingerprint density at radius 1 is 1.00 bits per heavy atom. The summed E-state index contributed by atoms with van der Waals surface area (Å²) < 4.78 is 5.20. The first kappa shape index (κ1) is 23.5. The Labute approximate surface area is 168 Å². The highest BCUT2D eigenvalue weighted by Crippen LogP contribution is 2.11. The minimum atomic E-state index is -0.825. The van der Waals surface area contributed by atoms with E-state index in [2.05, 4.69) is 16.0 Å². The molecule has 3 amide bonds. The first-order valence-electron chi connectivity index (χ1n) is 9.32. The average Bonchev–Trinajstić information content (AvgIpc) is 2.58. The highest BCUT2D eigenvalue weighted by atomic mass is 16.6. The van der Waals surface area contributed by atoms with Gasteiger partial charge in [-0.25, -0.2) is 4.79 Å². The Morgan fingerprint density at radius 3 is 2.04 bits per heavy atom. The molecule has 0 saturated heterocycles. The molecule has 28 heavy (non-hydrogen) atoms. The van der Waals surface area contributed by atoms with Crippen LogP contribution in [0.4, 0.5) is 10.5 Å². The topological polar surface area (TPSA) is 96.5 Å². The largest absolute Gasteiger partial charge is 0.444 e. The predicted molar refractivity (Wildman–Crippen MR) is 110 cm³/mol. The second kappa shape index (κ2) is 10.2. The summed E-state index contributed by atoms with van der Waals surface area (Å²) in [4.78, 5) is 36.9. The van der Waals surface area contributed by atoms with E-state index in [-0.39, 0.29) is 11.8 Å². The summed E-state index contributed by atoms with van der Waals surface area (Å²) in [6, 6.07) is 5.51. The van der Waals surface area contributed by atoms with E-state index in [9.17, 15) is 14.4 Å². The number of ether oxygens (including phenoxy) is 1. The lowest BCUT2D eigenvalue weighted by molar-refractivity contribution is -0.128. The van der Waals surface area contributed by atoms with Gasteiger partial charge in [0.15, 0.2) is 0 Å². The molecule has 0 aliphatic carbocycles. The average molecular weight is 387 g/mol. The van der Waals surface area contributed by atoms with E-state index in [4.69, 9.17) is 12.6 Å². The number of nitrogens with one attached hydrogen (secondary N) is 3. The fourth-order valence-electron chi connectivity index (χ4n) is 2.31. The van der Waals surface area contributed by atoms with Crippen molar-refractivity contribution < 1.29 is 19.1 Å². The molecule has 0 fully saturated rings. The molecule has 2 atom stereocenters. The van der Waals surface area contributed by atoms with E-state index in [1.807, 2.05) is 12.1 Å². The number of anilines is 1. The Hall–Kier alpha value is -2.51. The maximum atomic E-state index is 12.6. The van der Waals surface area contributed by atoms with Gasteiger partial charge in [0, 0.05) is 5.69 Å². The molecule has 0 heterocycles. The number of carbonyl (C=O) groups excluding carboxylic acids is 3. The minimum Gasteiger partial charge on any atom is -0.444 e. The van der Waals surface area contributed by atoms with Crippen LogP contribution in [0.2, 0.25) is 0 Å². The molecule has 0 aromatic heterocycles. The summed E-state index contributed by atoms with van der Waals surface area (Å²) in [5.41, 5.74) is 0.886. The third kappa shape index (κ3) is 8.02. The molecule has 1 aromatic carbocycles. The van der Waals surface area contributed by atoms with Gasteiger partial charge in [0.2, 0.25) is 11.8 Å². The van der Waals surface area contributed by atoms with E-state index >= 15 is 0 Å². The number of alkyl carbamates (subject to hydrolysis) is 1. The van der Waals surface area contributed by atoms with Crippen molar-refractivity contribution in [2.45, 2.75) is 65.5 Å². The lowest BCUT2D eigenvalue weighted by Crippen LogP contribution is -2.54. The molecule has 7 nitrogen and oxygen atoms in total. The number of rotatable bonds is 7. The zero-order chi connectivity index (χ0) is 21.5. The number of amides is 3. The maximum absolute atomic E-state index is 12.6. The first-order valence-corrected chi connectivity index (χ1v) is 9.32. The van der Waals surface area contributed by atoms with Gasteiger partial charge in [-0.15, -0.1) is 0 Å². The summed E-state index contributed by atoms with van der Waals surface area (Å²) in [5, 5.41) is 7.93. The van der Waals surface area contributed by atoms with Gasteiger partial charge in [-0.2, -0.15) is 0 Å². The zero-order valence-electron chi connectivity index (χ0n) is 17.5. The van der Waals surface area contributed by atoms with Crippen LogP contribution in [0.15, 0.2) is 24.3 Å². The van der Waals surface area contributed by atoms with Crippen LogP contribution >= 0.6 is 0 Å². The van der Waals surface area contributed by atoms with Crippen molar-refractivity contribution in [3.8, 4) is 0 Å². The summed E-state index contributed by atoms with van der Waals surface area (Å²) in [6.45, 7) is 10.4. The van der Waals surface area contributed by atoms with Crippen molar-refractivity contribution in [1.29, 1.82) is 0 Å². The number of carbonyl (C=O) groups is 3. The summed E-state index contributed by atoms with van der Waals surface area (Å²) in [7, 11) is 5.55. The molecule has 152 valence electrons. The van der Waals surface area contributed by atoms with Crippen molar-refractivity contribution in [2.75, 3.05) is 5.32 Å². The van der Waals surface area contributed by atoms with Gasteiger partial charge < -0.3 is 20.7 Å². The quantitative estimate of drug-likeness (QED) is 0.626. The number of hydrogen-bond donors (Lipinski definition) is 3. The predicted octanol–water partition coefficient (Wildman–Crippen LogP) is 2.35. The van der Waals surface area contributed by atoms with Crippen LogP contribution in [0.3, 0.4) is 0 Å². The first-order chi connectivity index (χ1) is 12.9. The summed E-state index contributed by atoms with van der Waals surface area (Å²) >= 11 is 0. The van der Waals surface area contributed by atoms with Crippen LogP contribution in [-0.4, -0.2) is 43.4 Å². The number of benzene rings is 1. The van der Waals surface area contributed by atoms with Crippen LogP contribution < -0.4 is 16.0 Å². The van der Waals surface area contributed by atoms with Crippen molar-refractivity contribution in [3.05, 3.63) is 29.8 Å². The normalized spacial score (nSPS) is 13.4. The molecule has 0 bridgehead atoms. The van der Waals surface area contributed by atoms with Crippen LogP contribution in [0.5, 0.6) is 0 Å². The molecule has 0 aliphatic heterocycles. The van der Waals surface area contributed by atoms with Crippen LogP contribution in [0.25, 0.3) is 0 Å². The van der Waals surface area contributed by atoms with Crippen molar-refractivity contribution in [3.63, 3.8) is 0 Å². The SMILES string of the molecule is [B]Cc1ccc(NC(=O)[C@H](C)NC(=O)C(NC(=O)OC(C)(C)C)C(C)C)cc1. The second-order valence-corrected chi connectivity index (χ2v) is 7.99. The minimum absolute atomic E-state index is 0.188. The number of hydrogen-bond acceptors (Lipinski definition) is 4. The van der Waals surface area contributed by atoms with E-state index in [1.165, 1.54) is 0 Å². The molecule has 1 unspecified atom stereocenters. The van der Waals surface area contributed by atoms with E-state index in [0.29, 0.717) is 12.0 Å². The van der Waals surface area contributed by atoms with Gasteiger partial charge in [0.25, 0.3) is 0 Å². The fourth-order valence-corrected chi connectivity index (χ4v) is 2.31. The lowest BCUT2D eigenvalue weighted by atomic mass is 9.97.